The van der Waals surface area contributed by atoms with Gasteiger partial charge in [-0.1, -0.05) is 6.92 Å². The third kappa shape index (κ3) is 3.37. The van der Waals surface area contributed by atoms with Gasteiger partial charge in [-0.15, -0.1) is 0 Å². The van der Waals surface area contributed by atoms with Gasteiger partial charge in [0.2, 0.25) is 0 Å². The summed E-state index contributed by atoms with van der Waals surface area (Å²) in [5.74, 6) is 0. The minimum Gasteiger partial charge on any atom is -0.385 e. The van der Waals surface area contributed by atoms with E-state index in [4.69, 9.17) is 4.74 Å². The Kier molecular flexibility index (Phi) is 5.98. The maximum atomic E-state index is 10.8. The summed E-state index contributed by atoms with van der Waals surface area (Å²) < 4.78 is 7.71. The van der Waals surface area contributed by atoms with Crippen molar-refractivity contribution < 1.29 is 9.84 Å². The molecule has 1 aromatic rings. The van der Waals surface area contributed by atoms with Gasteiger partial charge in [-0.3, -0.25) is 4.68 Å². The zero-order valence-electron chi connectivity index (χ0n) is 12.4. The summed E-state index contributed by atoms with van der Waals surface area (Å²) in [6.45, 7) is 5.32. The lowest BCUT2D eigenvalue weighted by Gasteiger charge is -2.40. The number of hydrogen-bond donors (Lipinski definition) is 1. The molecule has 5 nitrogen and oxygen atoms in total. The highest BCUT2D eigenvalue weighted by molar-refractivity contribution is 9.10. The number of methoxy groups -OCH3 is 1. The molecule has 1 rings (SSSR count). The largest absolute Gasteiger partial charge is 0.385 e. The van der Waals surface area contributed by atoms with Gasteiger partial charge in [0.05, 0.1) is 29.5 Å². The molecule has 0 aliphatic heterocycles. The van der Waals surface area contributed by atoms with Crippen LogP contribution in [0.3, 0.4) is 0 Å². The van der Waals surface area contributed by atoms with Crippen LogP contribution in [0.25, 0.3) is 0 Å². The van der Waals surface area contributed by atoms with Crippen LogP contribution in [0.5, 0.6) is 0 Å². The second kappa shape index (κ2) is 6.83. The Morgan fingerprint density at radius 2 is 2.21 bits per heavy atom. The fraction of sp³-hybridized carbons (Fsp3) is 0.769. The first-order valence-electron chi connectivity index (χ1n) is 6.44. The van der Waals surface area contributed by atoms with E-state index in [0.717, 1.165) is 16.6 Å². The molecule has 1 heterocycles. The van der Waals surface area contributed by atoms with Crippen molar-refractivity contribution in [2.45, 2.75) is 38.5 Å². The third-order valence-electron chi connectivity index (χ3n) is 3.93. The molecule has 1 N–H and O–H groups in total. The van der Waals surface area contributed by atoms with E-state index in [9.17, 15) is 5.11 Å². The lowest BCUT2D eigenvalue weighted by Crippen LogP contribution is -2.46. The molecule has 0 radical (unpaired) electrons. The van der Waals surface area contributed by atoms with Crippen LogP contribution in [0.15, 0.2) is 10.7 Å². The summed E-state index contributed by atoms with van der Waals surface area (Å²) in [5.41, 5.74) is 0.461. The number of hydrogen-bond acceptors (Lipinski definition) is 4. The number of likely N-dealkylation sites (N-methyl/N-ethyl adjacent to an activating group) is 1. The first-order valence-corrected chi connectivity index (χ1v) is 7.23. The van der Waals surface area contributed by atoms with E-state index in [0.29, 0.717) is 13.2 Å². The predicted molar refractivity (Wildman–Crippen MR) is 79.1 cm³/mol. The Morgan fingerprint density at radius 1 is 1.58 bits per heavy atom. The molecule has 19 heavy (non-hydrogen) atoms. The van der Waals surface area contributed by atoms with Crippen molar-refractivity contribution >= 4 is 15.9 Å². The van der Waals surface area contributed by atoms with Gasteiger partial charge in [0, 0.05) is 12.6 Å². The molecular formula is C13H24BrN3O2. The quantitative estimate of drug-likeness (QED) is 0.829. The number of rotatable bonds is 7. The first-order chi connectivity index (χ1) is 8.88. The third-order valence-corrected chi connectivity index (χ3v) is 4.54. The summed E-state index contributed by atoms with van der Waals surface area (Å²) in [5, 5.41) is 15.1. The fourth-order valence-corrected chi connectivity index (χ4v) is 2.56. The van der Waals surface area contributed by atoms with E-state index >= 15 is 0 Å². The van der Waals surface area contributed by atoms with Crippen LogP contribution in [0.2, 0.25) is 0 Å². The molecule has 0 fully saturated rings. The van der Waals surface area contributed by atoms with Gasteiger partial charge in [-0.2, -0.15) is 5.10 Å². The molecular weight excluding hydrogens is 310 g/mol. The molecule has 0 spiro atoms. The van der Waals surface area contributed by atoms with Crippen LogP contribution < -0.4 is 0 Å². The van der Waals surface area contributed by atoms with E-state index in [1.54, 1.807) is 18.0 Å². The predicted octanol–water partition coefficient (Wildman–Crippen LogP) is 2.06. The summed E-state index contributed by atoms with van der Waals surface area (Å²) >= 11 is 3.48. The SMILES string of the molecule is CCC(C)(C(O)c1c(Br)cnn1CCOC)N(C)C. The number of aromatic nitrogens is 2. The lowest BCUT2D eigenvalue weighted by atomic mass is 9.88. The van der Waals surface area contributed by atoms with Gasteiger partial charge in [0.1, 0.15) is 6.10 Å². The fourth-order valence-electron chi connectivity index (χ4n) is 2.05. The van der Waals surface area contributed by atoms with Crippen LogP contribution in [-0.2, 0) is 11.3 Å². The lowest BCUT2D eigenvalue weighted by molar-refractivity contribution is -0.00551. The summed E-state index contributed by atoms with van der Waals surface area (Å²) in [7, 11) is 5.62. The van der Waals surface area contributed by atoms with Gasteiger partial charge >= 0.3 is 0 Å². The summed E-state index contributed by atoms with van der Waals surface area (Å²) in [6.07, 6.45) is 1.93. The molecule has 110 valence electrons. The van der Waals surface area contributed by atoms with Crippen molar-refractivity contribution in [2.75, 3.05) is 27.8 Å². The van der Waals surface area contributed by atoms with Crippen molar-refractivity contribution in [1.82, 2.24) is 14.7 Å². The Morgan fingerprint density at radius 3 is 2.68 bits per heavy atom. The molecule has 0 aliphatic rings. The Bertz CT molecular complexity index is 409. The van der Waals surface area contributed by atoms with Crippen molar-refractivity contribution in [3.8, 4) is 0 Å². The molecule has 0 aromatic carbocycles. The average molecular weight is 334 g/mol. The zero-order valence-corrected chi connectivity index (χ0v) is 13.9. The van der Waals surface area contributed by atoms with Crippen molar-refractivity contribution in [1.29, 1.82) is 0 Å². The maximum absolute atomic E-state index is 10.8. The number of nitrogens with zero attached hydrogens (tertiary/aromatic N) is 3. The monoisotopic (exact) mass is 333 g/mol. The van der Waals surface area contributed by atoms with Crippen LogP contribution in [0, 0.1) is 0 Å². The Balaban J connectivity index is 3.10. The van der Waals surface area contributed by atoms with Gasteiger partial charge in [0.25, 0.3) is 0 Å². The minimum atomic E-state index is -0.624. The van der Waals surface area contributed by atoms with Crippen molar-refractivity contribution in [3.63, 3.8) is 0 Å². The van der Waals surface area contributed by atoms with E-state index in [1.165, 1.54) is 0 Å². The zero-order chi connectivity index (χ0) is 14.6. The highest BCUT2D eigenvalue weighted by Gasteiger charge is 2.37. The van der Waals surface area contributed by atoms with Gasteiger partial charge < -0.3 is 14.7 Å². The molecule has 0 saturated carbocycles. The van der Waals surface area contributed by atoms with E-state index in [-0.39, 0.29) is 5.54 Å². The molecule has 0 bridgehead atoms. The normalized spacial score (nSPS) is 16.6. The van der Waals surface area contributed by atoms with Crippen LogP contribution in [0.4, 0.5) is 0 Å². The maximum Gasteiger partial charge on any atom is 0.115 e. The molecule has 0 aliphatic carbocycles. The standard InChI is InChI=1S/C13H24BrN3O2/c1-6-13(2,16(3)4)12(18)11-10(14)9-15-17(11)7-8-19-5/h9,12,18H,6-8H2,1-5H3. The van der Waals surface area contributed by atoms with Crippen LogP contribution >= 0.6 is 15.9 Å². The van der Waals surface area contributed by atoms with Gasteiger partial charge in [-0.05, 0) is 43.4 Å². The van der Waals surface area contributed by atoms with Crippen LogP contribution in [0.1, 0.15) is 32.1 Å². The number of halogens is 1. The summed E-state index contributed by atoms with van der Waals surface area (Å²) in [4.78, 5) is 2.05. The summed E-state index contributed by atoms with van der Waals surface area (Å²) in [6, 6.07) is 0. The smallest absolute Gasteiger partial charge is 0.115 e. The van der Waals surface area contributed by atoms with E-state index in [2.05, 4.69) is 39.8 Å². The number of ether oxygens (including phenoxy) is 1. The first kappa shape index (κ1) is 16.6. The van der Waals surface area contributed by atoms with E-state index < -0.39 is 6.10 Å². The molecule has 2 atom stereocenters. The second-order valence-electron chi connectivity index (χ2n) is 5.10. The van der Waals surface area contributed by atoms with Crippen molar-refractivity contribution in [2.24, 2.45) is 0 Å². The van der Waals surface area contributed by atoms with Crippen LogP contribution in [-0.4, -0.2) is 53.1 Å². The molecule has 0 amide bonds. The van der Waals surface area contributed by atoms with Gasteiger partial charge in [0.15, 0.2) is 0 Å². The highest BCUT2D eigenvalue weighted by Crippen LogP contribution is 2.35. The molecule has 6 heteroatoms. The average Bonchev–Trinajstić information content (AvgIpc) is 2.75. The Labute approximate surface area is 123 Å². The number of aliphatic hydroxyl groups excluding tert-OH is 1. The topological polar surface area (TPSA) is 50.5 Å². The van der Waals surface area contributed by atoms with E-state index in [1.807, 2.05) is 14.1 Å². The molecule has 0 saturated heterocycles. The second-order valence-corrected chi connectivity index (χ2v) is 5.96. The Hall–Kier alpha value is -0.430. The molecule has 2 unspecified atom stereocenters. The van der Waals surface area contributed by atoms with Gasteiger partial charge in [-0.25, -0.2) is 0 Å². The number of aliphatic hydroxyl groups is 1. The van der Waals surface area contributed by atoms with Crippen molar-refractivity contribution in [3.05, 3.63) is 16.4 Å². The highest BCUT2D eigenvalue weighted by atomic mass is 79.9. The molecule has 1 aromatic heterocycles. The minimum absolute atomic E-state index is 0.340.